The van der Waals surface area contributed by atoms with Gasteiger partial charge in [-0.1, -0.05) is 92.7 Å². The molecule has 2 aliphatic rings. The molecule has 0 bridgehead atoms. The predicted octanol–water partition coefficient (Wildman–Crippen LogP) is 11.0. The van der Waals surface area contributed by atoms with Crippen molar-refractivity contribution in [2.75, 3.05) is 0 Å². The Hall–Kier alpha value is -4.32. The number of carbonyl (C=O) groups is 1. The van der Waals surface area contributed by atoms with Crippen LogP contribution in [-0.4, -0.2) is 15.9 Å². The Labute approximate surface area is 290 Å². The molecule has 0 fully saturated rings. The number of halogens is 3. The molecule has 3 nitrogen and oxygen atoms in total. The molecule has 0 atom stereocenters. The number of carbonyl (C=O) groups excluding carboxylic acids is 1. The van der Waals surface area contributed by atoms with E-state index < -0.39 is 17.2 Å². The van der Waals surface area contributed by atoms with E-state index in [1.807, 2.05) is 50.4 Å². The zero-order valence-corrected chi connectivity index (χ0v) is 29.7. The van der Waals surface area contributed by atoms with Gasteiger partial charge >= 0.3 is 6.18 Å². The average molecular weight is 821 g/mol. The summed E-state index contributed by atoms with van der Waals surface area (Å²) >= 11 is 0. The van der Waals surface area contributed by atoms with Gasteiger partial charge in [-0.15, -0.1) is 23.6 Å². The number of benzene rings is 5. The summed E-state index contributed by atoms with van der Waals surface area (Å²) < 4.78 is 42.7. The topological polar surface area (TPSA) is 50.2 Å². The van der Waals surface area contributed by atoms with Crippen LogP contribution in [0.3, 0.4) is 0 Å². The van der Waals surface area contributed by atoms with Crippen LogP contribution in [0.5, 0.6) is 0 Å². The fourth-order valence-corrected chi connectivity index (χ4v) is 7.76. The summed E-state index contributed by atoms with van der Waals surface area (Å²) in [5, 5.41) is 14.8. The van der Waals surface area contributed by atoms with Crippen LogP contribution in [0.4, 0.5) is 13.2 Å². The first-order valence-corrected chi connectivity index (χ1v) is 15.6. The van der Waals surface area contributed by atoms with E-state index in [9.17, 15) is 18.0 Å². The van der Waals surface area contributed by atoms with Gasteiger partial charge in [0.2, 0.25) is 0 Å². The number of alkyl halides is 3. The number of aliphatic hydroxyl groups is 1. The minimum atomic E-state index is -4.43. The zero-order valence-electron chi connectivity index (χ0n) is 27.4. The molecule has 1 N–H and O–H groups in total. The summed E-state index contributed by atoms with van der Waals surface area (Å²) in [5.74, 6) is -0.0625. The number of aliphatic hydroxyl groups excluding tert-OH is 1. The number of hydrogen-bond acceptors (Lipinski definition) is 3. The van der Waals surface area contributed by atoms with E-state index in [0.29, 0.717) is 11.1 Å². The Balaban J connectivity index is 0.000000456. The van der Waals surface area contributed by atoms with Gasteiger partial charge in [-0.2, -0.15) is 13.2 Å². The fraction of sp³-hybridized carbons (Fsp3) is 0.220. The van der Waals surface area contributed by atoms with E-state index in [4.69, 9.17) is 10.1 Å². The predicted molar refractivity (Wildman–Crippen MR) is 183 cm³/mol. The standard InChI is InChI=1S/C36H25F3N.C5H8O2.Ir/c1-34(2)28-17-20-9-6-5-8-19(20)16-25(28)33-31-22(14-15-40-33)21-12-13-23-30-26(10-7-11-27(30)36(37,38)39)35(3,4)32(23)24(21)18-29(31)34;1-4(6)3-5(2)7;/h5-15,17-18H,1-4H3;3,6H,1-2H3;/q-1;;/b;4-3-;. The van der Waals surface area contributed by atoms with Crippen LogP contribution in [0.1, 0.15) is 69.4 Å². The van der Waals surface area contributed by atoms with Crippen LogP contribution in [0.15, 0.2) is 90.8 Å². The molecule has 7 heteroatoms. The molecule has 1 heterocycles. The first-order valence-electron chi connectivity index (χ1n) is 15.6. The molecule has 1 radical (unpaired) electrons. The van der Waals surface area contributed by atoms with Crippen molar-refractivity contribution in [3.05, 3.63) is 125 Å². The van der Waals surface area contributed by atoms with Crippen molar-refractivity contribution >= 4 is 38.1 Å². The van der Waals surface area contributed by atoms with Gasteiger partial charge in [0, 0.05) is 43.5 Å². The van der Waals surface area contributed by atoms with Gasteiger partial charge in [0.25, 0.3) is 0 Å². The summed E-state index contributed by atoms with van der Waals surface area (Å²) in [6.07, 6.45) is -1.42. The minimum absolute atomic E-state index is 0. The van der Waals surface area contributed by atoms with Crippen LogP contribution in [-0.2, 0) is 41.9 Å². The van der Waals surface area contributed by atoms with Crippen molar-refractivity contribution < 1.29 is 43.2 Å². The summed E-state index contributed by atoms with van der Waals surface area (Å²) in [6.45, 7) is 11.4. The summed E-state index contributed by atoms with van der Waals surface area (Å²) in [6, 6.07) is 27.0. The van der Waals surface area contributed by atoms with Crippen molar-refractivity contribution in [3.63, 3.8) is 0 Å². The normalized spacial score (nSPS) is 15.2. The molecule has 0 saturated carbocycles. The molecular weight excluding hydrogens is 788 g/mol. The molecule has 8 rings (SSSR count). The quantitative estimate of drug-likeness (QED) is 0.0778. The fourth-order valence-electron chi connectivity index (χ4n) is 7.76. The Morgan fingerprint density at radius 3 is 2.23 bits per heavy atom. The van der Waals surface area contributed by atoms with Crippen LogP contribution < -0.4 is 0 Å². The van der Waals surface area contributed by atoms with E-state index >= 15 is 0 Å². The number of ketones is 1. The van der Waals surface area contributed by atoms with Gasteiger partial charge in [0.05, 0.1) is 11.3 Å². The number of aromatic nitrogens is 1. The van der Waals surface area contributed by atoms with Gasteiger partial charge in [-0.05, 0) is 80.8 Å². The Morgan fingerprint density at radius 2 is 1.56 bits per heavy atom. The number of allylic oxidation sites excluding steroid dienone is 2. The van der Waals surface area contributed by atoms with Crippen molar-refractivity contribution in [1.29, 1.82) is 0 Å². The minimum Gasteiger partial charge on any atom is -0.512 e. The zero-order chi connectivity index (χ0) is 33.6. The second-order valence-corrected chi connectivity index (χ2v) is 13.6. The number of pyridine rings is 1. The Bertz CT molecular complexity index is 2350. The van der Waals surface area contributed by atoms with Crippen molar-refractivity contribution in [1.82, 2.24) is 4.98 Å². The van der Waals surface area contributed by atoms with E-state index in [1.54, 1.807) is 0 Å². The van der Waals surface area contributed by atoms with Crippen LogP contribution in [0.2, 0.25) is 0 Å². The molecule has 2 aliphatic carbocycles. The van der Waals surface area contributed by atoms with Gasteiger partial charge in [-0.25, -0.2) is 0 Å². The van der Waals surface area contributed by atoms with Crippen LogP contribution in [0.25, 0.3) is 54.7 Å². The first-order chi connectivity index (χ1) is 22.1. The molecule has 0 aliphatic heterocycles. The molecule has 1 aromatic heterocycles. The van der Waals surface area contributed by atoms with Gasteiger partial charge in [0.1, 0.15) is 0 Å². The molecule has 6 aromatic rings. The van der Waals surface area contributed by atoms with Crippen LogP contribution >= 0.6 is 0 Å². The van der Waals surface area contributed by atoms with Gasteiger partial charge in [0.15, 0.2) is 5.78 Å². The molecule has 5 aromatic carbocycles. The number of rotatable bonds is 1. The van der Waals surface area contributed by atoms with Crippen molar-refractivity contribution in [2.24, 2.45) is 0 Å². The second-order valence-electron chi connectivity index (χ2n) is 13.6. The summed E-state index contributed by atoms with van der Waals surface area (Å²) in [4.78, 5) is 14.9. The van der Waals surface area contributed by atoms with Crippen LogP contribution in [0, 0.1) is 6.07 Å². The van der Waals surface area contributed by atoms with Gasteiger partial charge < -0.3 is 5.11 Å². The molecule has 0 spiro atoms. The van der Waals surface area contributed by atoms with Crippen molar-refractivity contribution in [3.8, 4) is 22.4 Å². The summed E-state index contributed by atoms with van der Waals surface area (Å²) in [5.41, 5.74) is 5.37. The van der Waals surface area contributed by atoms with E-state index in [-0.39, 0.29) is 37.1 Å². The molecule has 0 amide bonds. The third kappa shape index (κ3) is 4.98. The van der Waals surface area contributed by atoms with E-state index in [0.717, 1.165) is 65.8 Å². The molecule has 245 valence electrons. The molecule has 0 saturated heterocycles. The third-order valence-corrected chi connectivity index (χ3v) is 9.77. The Kier molecular flexibility index (Phi) is 7.97. The number of fused-ring (bicyclic) bond motifs is 9. The monoisotopic (exact) mass is 821 g/mol. The largest absolute Gasteiger partial charge is 0.512 e. The maximum Gasteiger partial charge on any atom is 0.417 e. The van der Waals surface area contributed by atoms with E-state index in [1.165, 1.54) is 32.1 Å². The molecule has 0 unspecified atom stereocenters. The Morgan fingerprint density at radius 1 is 0.833 bits per heavy atom. The maximum atomic E-state index is 14.2. The second kappa shape index (κ2) is 11.4. The number of hydrogen-bond donors (Lipinski definition) is 1. The molecule has 48 heavy (non-hydrogen) atoms. The first kappa shape index (κ1) is 33.6. The smallest absolute Gasteiger partial charge is 0.417 e. The maximum absolute atomic E-state index is 14.2. The molecular formula is C41H33F3IrNO2-. The third-order valence-electron chi connectivity index (χ3n) is 9.77. The summed E-state index contributed by atoms with van der Waals surface area (Å²) in [7, 11) is 0. The van der Waals surface area contributed by atoms with E-state index in [2.05, 4.69) is 50.2 Å². The number of nitrogens with zero attached hydrogens (tertiary/aromatic N) is 1. The van der Waals surface area contributed by atoms with Gasteiger partial charge in [-0.3, -0.25) is 9.78 Å². The average Bonchev–Trinajstić information content (AvgIpc) is 3.24. The van der Waals surface area contributed by atoms with Crippen molar-refractivity contribution in [2.45, 2.75) is 58.5 Å². The SMILES string of the molecule is CC(=O)/C=C(/C)O.CC1(C)c2cccc(C(F)(F)F)c2-c2ccc3c(cc4c5c(nccc53)-c3[c-]c5ccccc5cc3C4(C)C)c21.[Ir].